The summed E-state index contributed by atoms with van der Waals surface area (Å²) in [5, 5.41) is 8.73. The van der Waals surface area contributed by atoms with Crippen LogP contribution in [0, 0.1) is 11.8 Å². The number of likely N-dealkylation sites (tertiary alicyclic amines) is 1. The van der Waals surface area contributed by atoms with Crippen LogP contribution in [0.1, 0.15) is 51.9 Å². The fourth-order valence-corrected chi connectivity index (χ4v) is 3.54. The SMILES string of the molecule is CC(CCC(=O)O)N1CCC2CCCCC2C1. The average Bonchev–Trinajstić information content (AvgIpc) is 2.35. The van der Waals surface area contributed by atoms with Gasteiger partial charge in [0.2, 0.25) is 0 Å². The van der Waals surface area contributed by atoms with Gasteiger partial charge in [-0.3, -0.25) is 4.79 Å². The first kappa shape index (κ1) is 12.9. The summed E-state index contributed by atoms with van der Waals surface area (Å²) in [5.41, 5.74) is 0. The van der Waals surface area contributed by atoms with E-state index in [1.807, 2.05) is 0 Å². The highest BCUT2D eigenvalue weighted by molar-refractivity contribution is 5.66. The van der Waals surface area contributed by atoms with Crippen LogP contribution in [-0.2, 0) is 4.79 Å². The van der Waals surface area contributed by atoms with Crippen LogP contribution in [-0.4, -0.2) is 35.1 Å². The molecule has 0 aromatic rings. The lowest BCUT2D eigenvalue weighted by Gasteiger charge is -2.43. The van der Waals surface area contributed by atoms with Gasteiger partial charge in [0, 0.05) is 19.0 Å². The first-order chi connectivity index (χ1) is 8.16. The molecule has 0 aromatic heterocycles. The van der Waals surface area contributed by atoms with Crippen molar-refractivity contribution in [3.63, 3.8) is 0 Å². The predicted molar refractivity (Wildman–Crippen MR) is 68.0 cm³/mol. The monoisotopic (exact) mass is 239 g/mol. The molecule has 3 atom stereocenters. The van der Waals surface area contributed by atoms with Gasteiger partial charge in [0.15, 0.2) is 0 Å². The fraction of sp³-hybridized carbons (Fsp3) is 0.929. The van der Waals surface area contributed by atoms with Crippen LogP contribution in [0.2, 0.25) is 0 Å². The van der Waals surface area contributed by atoms with Crippen molar-refractivity contribution in [3.05, 3.63) is 0 Å². The largest absolute Gasteiger partial charge is 0.481 e. The van der Waals surface area contributed by atoms with Crippen LogP contribution < -0.4 is 0 Å². The Morgan fingerprint density at radius 3 is 2.71 bits per heavy atom. The lowest BCUT2D eigenvalue weighted by atomic mass is 9.75. The highest BCUT2D eigenvalue weighted by Gasteiger charge is 2.32. The Morgan fingerprint density at radius 1 is 1.29 bits per heavy atom. The summed E-state index contributed by atoms with van der Waals surface area (Å²) in [5.74, 6) is 1.20. The number of hydrogen-bond donors (Lipinski definition) is 1. The van der Waals surface area contributed by atoms with E-state index in [1.54, 1.807) is 0 Å². The molecule has 0 aromatic carbocycles. The lowest BCUT2D eigenvalue weighted by molar-refractivity contribution is -0.137. The second-order valence-corrected chi connectivity index (χ2v) is 5.87. The molecule has 2 aliphatic rings. The van der Waals surface area contributed by atoms with Crippen molar-refractivity contribution in [2.24, 2.45) is 11.8 Å². The van der Waals surface area contributed by atoms with Gasteiger partial charge in [-0.1, -0.05) is 19.3 Å². The zero-order valence-electron chi connectivity index (χ0n) is 10.9. The van der Waals surface area contributed by atoms with E-state index < -0.39 is 5.97 Å². The van der Waals surface area contributed by atoms with Gasteiger partial charge >= 0.3 is 5.97 Å². The highest BCUT2D eigenvalue weighted by atomic mass is 16.4. The lowest BCUT2D eigenvalue weighted by Crippen LogP contribution is -2.45. The molecule has 2 rings (SSSR count). The van der Waals surface area contributed by atoms with Crippen LogP contribution in [0.25, 0.3) is 0 Å². The molecule has 1 aliphatic carbocycles. The van der Waals surface area contributed by atoms with E-state index in [0.717, 1.165) is 18.3 Å². The Bertz CT molecular complexity index is 267. The van der Waals surface area contributed by atoms with Crippen molar-refractivity contribution >= 4 is 5.97 Å². The topological polar surface area (TPSA) is 40.5 Å². The standard InChI is InChI=1S/C14H25NO2/c1-11(6-7-14(16)17)15-9-8-12-4-2-3-5-13(12)10-15/h11-13H,2-10H2,1H3,(H,16,17). The molecule has 0 spiro atoms. The van der Waals surface area contributed by atoms with E-state index in [0.29, 0.717) is 12.5 Å². The van der Waals surface area contributed by atoms with Gasteiger partial charge in [-0.2, -0.15) is 0 Å². The Hall–Kier alpha value is -0.570. The fourth-order valence-electron chi connectivity index (χ4n) is 3.54. The Kier molecular flexibility index (Phi) is 4.43. The third kappa shape index (κ3) is 3.44. The second kappa shape index (κ2) is 5.85. The molecule has 2 fully saturated rings. The van der Waals surface area contributed by atoms with Crippen LogP contribution in [0.5, 0.6) is 0 Å². The van der Waals surface area contributed by atoms with Gasteiger partial charge in [0.1, 0.15) is 0 Å². The number of hydrogen-bond acceptors (Lipinski definition) is 2. The molecule has 0 bridgehead atoms. The van der Waals surface area contributed by atoms with Crippen molar-refractivity contribution in [1.82, 2.24) is 4.90 Å². The van der Waals surface area contributed by atoms with E-state index in [-0.39, 0.29) is 0 Å². The molecule has 0 radical (unpaired) electrons. The molecule has 1 saturated carbocycles. The molecule has 1 aliphatic heterocycles. The molecule has 3 nitrogen and oxygen atoms in total. The van der Waals surface area contributed by atoms with Crippen molar-refractivity contribution in [2.75, 3.05) is 13.1 Å². The summed E-state index contributed by atoms with van der Waals surface area (Å²) in [7, 11) is 0. The van der Waals surface area contributed by atoms with Gasteiger partial charge in [-0.05, 0) is 44.6 Å². The Morgan fingerprint density at radius 2 is 2.00 bits per heavy atom. The third-order valence-electron chi connectivity index (χ3n) is 4.72. The van der Waals surface area contributed by atoms with Gasteiger partial charge in [-0.25, -0.2) is 0 Å². The molecule has 0 amide bonds. The zero-order chi connectivity index (χ0) is 12.3. The quantitative estimate of drug-likeness (QED) is 0.820. The normalized spacial score (nSPS) is 31.8. The van der Waals surface area contributed by atoms with Crippen molar-refractivity contribution in [2.45, 2.75) is 57.9 Å². The zero-order valence-corrected chi connectivity index (χ0v) is 10.9. The van der Waals surface area contributed by atoms with Gasteiger partial charge in [-0.15, -0.1) is 0 Å². The number of carboxylic acid groups (broad SMARTS) is 1. The van der Waals surface area contributed by atoms with Gasteiger partial charge < -0.3 is 10.0 Å². The maximum atomic E-state index is 10.6. The Labute approximate surface area is 104 Å². The van der Waals surface area contributed by atoms with Crippen LogP contribution in [0.15, 0.2) is 0 Å². The Balaban J connectivity index is 1.80. The first-order valence-corrected chi connectivity index (χ1v) is 7.12. The minimum absolute atomic E-state index is 0.311. The summed E-state index contributed by atoms with van der Waals surface area (Å²) in [6.07, 6.45) is 8.10. The smallest absolute Gasteiger partial charge is 0.303 e. The van der Waals surface area contributed by atoms with E-state index in [9.17, 15) is 4.79 Å². The molecule has 1 saturated heterocycles. The molecule has 1 heterocycles. The minimum atomic E-state index is -0.663. The van der Waals surface area contributed by atoms with E-state index in [2.05, 4.69) is 11.8 Å². The predicted octanol–water partition coefficient (Wildman–Crippen LogP) is 2.75. The summed E-state index contributed by atoms with van der Waals surface area (Å²) in [6, 6.07) is 0.439. The third-order valence-corrected chi connectivity index (χ3v) is 4.72. The maximum Gasteiger partial charge on any atom is 0.303 e. The summed E-state index contributed by atoms with van der Waals surface area (Å²) >= 11 is 0. The molecule has 3 unspecified atom stereocenters. The molecule has 1 N–H and O–H groups in total. The first-order valence-electron chi connectivity index (χ1n) is 7.12. The van der Waals surface area contributed by atoms with Crippen molar-refractivity contribution < 1.29 is 9.90 Å². The average molecular weight is 239 g/mol. The summed E-state index contributed by atoms with van der Waals surface area (Å²) in [4.78, 5) is 13.1. The number of aliphatic carboxylic acids is 1. The molecular weight excluding hydrogens is 214 g/mol. The van der Waals surface area contributed by atoms with E-state index in [1.165, 1.54) is 45.2 Å². The number of fused-ring (bicyclic) bond motifs is 1. The highest BCUT2D eigenvalue weighted by Crippen LogP contribution is 2.36. The molecule has 98 valence electrons. The molecular formula is C14H25NO2. The maximum absolute atomic E-state index is 10.6. The van der Waals surface area contributed by atoms with E-state index >= 15 is 0 Å². The van der Waals surface area contributed by atoms with Crippen LogP contribution in [0.4, 0.5) is 0 Å². The number of piperidine rings is 1. The van der Waals surface area contributed by atoms with Crippen molar-refractivity contribution in [1.29, 1.82) is 0 Å². The van der Waals surface area contributed by atoms with Crippen LogP contribution >= 0.6 is 0 Å². The number of nitrogens with zero attached hydrogens (tertiary/aromatic N) is 1. The number of carboxylic acids is 1. The van der Waals surface area contributed by atoms with Crippen molar-refractivity contribution in [3.8, 4) is 0 Å². The number of rotatable bonds is 4. The van der Waals surface area contributed by atoms with Gasteiger partial charge in [0.25, 0.3) is 0 Å². The number of carbonyl (C=O) groups is 1. The summed E-state index contributed by atoms with van der Waals surface area (Å²) in [6.45, 7) is 4.58. The minimum Gasteiger partial charge on any atom is -0.481 e. The second-order valence-electron chi connectivity index (χ2n) is 5.87. The van der Waals surface area contributed by atoms with Crippen LogP contribution in [0.3, 0.4) is 0 Å². The molecule has 17 heavy (non-hydrogen) atoms. The summed E-state index contributed by atoms with van der Waals surface area (Å²) < 4.78 is 0. The van der Waals surface area contributed by atoms with Gasteiger partial charge in [0.05, 0.1) is 0 Å². The van der Waals surface area contributed by atoms with E-state index in [4.69, 9.17) is 5.11 Å². The molecule has 3 heteroatoms.